The van der Waals surface area contributed by atoms with E-state index in [1.165, 1.54) is 12.1 Å². The molecule has 0 bridgehead atoms. The summed E-state index contributed by atoms with van der Waals surface area (Å²) in [4.78, 5) is 13.7. The minimum Gasteiger partial charge on any atom is -0.355 e. The van der Waals surface area contributed by atoms with Crippen LogP contribution in [0, 0.1) is 11.8 Å². The zero-order valence-corrected chi connectivity index (χ0v) is 6.85. The third-order valence-corrected chi connectivity index (χ3v) is 1.26. The van der Waals surface area contributed by atoms with E-state index >= 15 is 0 Å². The predicted molar refractivity (Wildman–Crippen MR) is 47.9 cm³/mol. The summed E-state index contributed by atoms with van der Waals surface area (Å²) in [6.45, 7) is 0.622. The molecule has 1 aromatic heterocycles. The quantitative estimate of drug-likeness (QED) is 0.568. The van der Waals surface area contributed by atoms with Crippen molar-refractivity contribution in [2.45, 2.75) is 0 Å². The topological polar surface area (TPSA) is 44.9 Å². The van der Waals surface area contributed by atoms with Crippen LogP contribution in [0.1, 0.15) is 5.69 Å². The maximum Gasteiger partial charge on any atom is 0.182 e. The molecule has 0 aliphatic heterocycles. The van der Waals surface area contributed by atoms with Gasteiger partial charge in [-0.2, -0.15) is 0 Å². The molecule has 0 atom stereocenters. The highest BCUT2D eigenvalue weighted by molar-refractivity contribution is 5.26. The van der Waals surface area contributed by atoms with Crippen molar-refractivity contribution in [2.24, 2.45) is 0 Å². The molecule has 3 nitrogen and oxygen atoms in total. The van der Waals surface area contributed by atoms with Crippen molar-refractivity contribution in [2.75, 3.05) is 13.6 Å². The summed E-state index contributed by atoms with van der Waals surface area (Å²) in [6.07, 6.45) is 1.59. The lowest BCUT2D eigenvalue weighted by Gasteiger charge is -1.87. The maximum absolute atomic E-state index is 10.8. The van der Waals surface area contributed by atoms with Crippen molar-refractivity contribution in [1.82, 2.24) is 10.3 Å². The van der Waals surface area contributed by atoms with Gasteiger partial charge in [-0.25, -0.2) is 0 Å². The minimum absolute atomic E-state index is 0.0255. The first-order valence-electron chi connectivity index (χ1n) is 3.65. The number of hydrogen-bond donors (Lipinski definition) is 2. The number of pyridine rings is 1. The van der Waals surface area contributed by atoms with Crippen molar-refractivity contribution in [3.05, 3.63) is 34.2 Å². The number of aromatic amines is 1. The van der Waals surface area contributed by atoms with Gasteiger partial charge in [-0.1, -0.05) is 5.92 Å². The molecule has 2 N–H and O–H groups in total. The van der Waals surface area contributed by atoms with Gasteiger partial charge < -0.3 is 10.3 Å². The van der Waals surface area contributed by atoms with E-state index in [1.807, 2.05) is 7.05 Å². The summed E-state index contributed by atoms with van der Waals surface area (Å²) in [5.41, 5.74) is 0.625. The Bertz CT molecular complexity index is 357. The zero-order valence-electron chi connectivity index (χ0n) is 6.85. The van der Waals surface area contributed by atoms with Gasteiger partial charge in [0.05, 0.1) is 12.2 Å². The van der Waals surface area contributed by atoms with Gasteiger partial charge >= 0.3 is 0 Å². The van der Waals surface area contributed by atoms with Crippen LogP contribution in [0.2, 0.25) is 0 Å². The van der Waals surface area contributed by atoms with Gasteiger partial charge in [-0.05, 0) is 13.0 Å². The standard InChI is InChI=1S/C9H10N2O/c1-10-5-2-3-8-7-9(12)4-6-11-8/h4,6-7,10H,5H2,1H3,(H,11,12). The summed E-state index contributed by atoms with van der Waals surface area (Å²) >= 11 is 0. The number of H-pyrrole nitrogens is 1. The molecule has 1 heterocycles. The van der Waals surface area contributed by atoms with Crippen molar-refractivity contribution in [3.8, 4) is 11.8 Å². The third-order valence-electron chi connectivity index (χ3n) is 1.26. The molecule has 0 fully saturated rings. The first-order valence-corrected chi connectivity index (χ1v) is 3.65. The van der Waals surface area contributed by atoms with Crippen LogP contribution in [-0.4, -0.2) is 18.6 Å². The average Bonchev–Trinajstić information content (AvgIpc) is 2.05. The number of hydrogen-bond acceptors (Lipinski definition) is 2. The van der Waals surface area contributed by atoms with E-state index in [-0.39, 0.29) is 5.43 Å². The molecule has 0 aromatic carbocycles. The van der Waals surface area contributed by atoms with Gasteiger partial charge in [0.2, 0.25) is 0 Å². The van der Waals surface area contributed by atoms with Gasteiger partial charge in [0.25, 0.3) is 0 Å². The first-order chi connectivity index (χ1) is 5.83. The molecule has 0 amide bonds. The van der Waals surface area contributed by atoms with E-state index in [2.05, 4.69) is 22.1 Å². The normalized spacial score (nSPS) is 8.75. The van der Waals surface area contributed by atoms with Crippen LogP contribution < -0.4 is 10.7 Å². The Hall–Kier alpha value is -1.53. The Morgan fingerprint density at radius 1 is 1.67 bits per heavy atom. The highest BCUT2D eigenvalue weighted by atomic mass is 16.1. The van der Waals surface area contributed by atoms with Crippen LogP contribution in [0.3, 0.4) is 0 Å². The summed E-state index contributed by atoms with van der Waals surface area (Å²) in [7, 11) is 1.82. The van der Waals surface area contributed by atoms with E-state index in [4.69, 9.17) is 0 Å². The number of nitrogens with one attached hydrogen (secondary N) is 2. The summed E-state index contributed by atoms with van der Waals surface area (Å²) < 4.78 is 0. The lowest BCUT2D eigenvalue weighted by Crippen LogP contribution is -2.05. The molecular formula is C9H10N2O. The molecular weight excluding hydrogens is 152 g/mol. The molecule has 3 heteroatoms. The van der Waals surface area contributed by atoms with E-state index in [1.54, 1.807) is 6.20 Å². The molecule has 0 unspecified atom stereocenters. The molecule has 0 spiro atoms. The van der Waals surface area contributed by atoms with Crippen molar-refractivity contribution < 1.29 is 0 Å². The van der Waals surface area contributed by atoms with Crippen LogP contribution >= 0.6 is 0 Å². The second-order valence-corrected chi connectivity index (χ2v) is 2.27. The first kappa shape index (κ1) is 8.57. The molecule has 0 aliphatic carbocycles. The van der Waals surface area contributed by atoms with Crippen molar-refractivity contribution in [3.63, 3.8) is 0 Å². The monoisotopic (exact) mass is 162 g/mol. The third kappa shape index (κ3) is 2.60. The Balaban J connectivity index is 2.78. The fourth-order valence-corrected chi connectivity index (χ4v) is 0.746. The van der Waals surface area contributed by atoms with Crippen LogP contribution in [0.15, 0.2) is 23.1 Å². The van der Waals surface area contributed by atoms with Gasteiger partial charge in [-0.3, -0.25) is 4.79 Å². The van der Waals surface area contributed by atoms with Gasteiger partial charge in [0, 0.05) is 18.3 Å². The molecule has 0 saturated carbocycles. The SMILES string of the molecule is CNCC#Cc1cc(=O)cc[nH]1. The summed E-state index contributed by atoms with van der Waals surface area (Å²) in [5.74, 6) is 5.67. The molecule has 62 valence electrons. The minimum atomic E-state index is -0.0255. The van der Waals surface area contributed by atoms with Gasteiger partial charge in [0.15, 0.2) is 5.43 Å². The molecule has 1 aromatic rings. The summed E-state index contributed by atoms with van der Waals surface area (Å²) in [5, 5.41) is 2.89. The molecule has 12 heavy (non-hydrogen) atoms. The molecule has 0 saturated heterocycles. The highest BCUT2D eigenvalue weighted by Gasteiger charge is 1.85. The Morgan fingerprint density at radius 2 is 2.50 bits per heavy atom. The van der Waals surface area contributed by atoms with E-state index in [0.717, 1.165) is 0 Å². The Morgan fingerprint density at radius 3 is 3.17 bits per heavy atom. The molecule has 0 radical (unpaired) electrons. The van der Waals surface area contributed by atoms with Gasteiger partial charge in [0.1, 0.15) is 0 Å². The van der Waals surface area contributed by atoms with Crippen molar-refractivity contribution in [1.29, 1.82) is 0 Å². The van der Waals surface area contributed by atoms with Gasteiger partial charge in [-0.15, -0.1) is 0 Å². The lowest BCUT2D eigenvalue weighted by molar-refractivity contribution is 0.938. The van der Waals surface area contributed by atoms with E-state index in [9.17, 15) is 4.79 Å². The fourth-order valence-electron chi connectivity index (χ4n) is 0.746. The zero-order chi connectivity index (χ0) is 8.81. The summed E-state index contributed by atoms with van der Waals surface area (Å²) in [6, 6.07) is 2.94. The largest absolute Gasteiger partial charge is 0.355 e. The van der Waals surface area contributed by atoms with Crippen LogP contribution in [0.5, 0.6) is 0 Å². The Labute approximate surface area is 70.8 Å². The lowest BCUT2D eigenvalue weighted by atomic mass is 10.3. The van der Waals surface area contributed by atoms with E-state index in [0.29, 0.717) is 12.2 Å². The maximum atomic E-state index is 10.8. The Kier molecular flexibility index (Phi) is 3.12. The van der Waals surface area contributed by atoms with Crippen LogP contribution in [0.4, 0.5) is 0 Å². The van der Waals surface area contributed by atoms with Crippen LogP contribution in [0.25, 0.3) is 0 Å². The second-order valence-electron chi connectivity index (χ2n) is 2.27. The second kappa shape index (κ2) is 4.37. The average molecular weight is 162 g/mol. The smallest absolute Gasteiger partial charge is 0.182 e. The number of aromatic nitrogens is 1. The van der Waals surface area contributed by atoms with Crippen molar-refractivity contribution >= 4 is 0 Å². The predicted octanol–water partition coefficient (Wildman–Crippen LogP) is -0.0542. The highest BCUT2D eigenvalue weighted by Crippen LogP contribution is 1.82. The van der Waals surface area contributed by atoms with Crippen LogP contribution in [-0.2, 0) is 0 Å². The molecule has 0 aliphatic rings. The number of rotatable bonds is 1. The molecule has 1 rings (SSSR count). The fraction of sp³-hybridized carbons (Fsp3) is 0.222. The van der Waals surface area contributed by atoms with E-state index < -0.39 is 0 Å².